The van der Waals surface area contributed by atoms with Gasteiger partial charge in [0.2, 0.25) is 0 Å². The van der Waals surface area contributed by atoms with Gasteiger partial charge in [0.05, 0.1) is 18.7 Å². The standard InChI is InChI=1S/C14H19F3N4O/c1-10-18-7-5-11(20-10)9-19-13(22)21(12-3-2-4-12)8-6-14(15,16)17/h5,7,12H,2-4,6,8-9H2,1H3,(H,19,22). The number of alkyl halides is 3. The van der Waals surface area contributed by atoms with Gasteiger partial charge in [-0.1, -0.05) is 0 Å². The second-order valence-corrected chi connectivity index (χ2v) is 5.40. The van der Waals surface area contributed by atoms with E-state index in [0.717, 1.165) is 19.3 Å². The minimum absolute atomic E-state index is 0.0884. The molecule has 0 saturated heterocycles. The Balaban J connectivity index is 1.90. The fraction of sp³-hybridized carbons (Fsp3) is 0.643. The molecule has 0 unspecified atom stereocenters. The first-order valence-electron chi connectivity index (χ1n) is 7.25. The van der Waals surface area contributed by atoms with Crippen molar-refractivity contribution in [2.75, 3.05) is 6.54 Å². The highest BCUT2D eigenvalue weighted by Crippen LogP contribution is 2.27. The normalized spacial score (nSPS) is 15.3. The predicted molar refractivity (Wildman–Crippen MR) is 74.0 cm³/mol. The summed E-state index contributed by atoms with van der Waals surface area (Å²) in [5.41, 5.74) is 0.630. The van der Waals surface area contributed by atoms with Gasteiger partial charge in [0.25, 0.3) is 0 Å². The molecule has 1 fully saturated rings. The van der Waals surface area contributed by atoms with E-state index in [0.29, 0.717) is 11.5 Å². The van der Waals surface area contributed by atoms with Crippen LogP contribution in [0.3, 0.4) is 0 Å². The topological polar surface area (TPSA) is 58.1 Å². The third-order valence-corrected chi connectivity index (χ3v) is 3.67. The summed E-state index contributed by atoms with van der Waals surface area (Å²) >= 11 is 0. The largest absolute Gasteiger partial charge is 0.390 e. The molecule has 1 heterocycles. The lowest BCUT2D eigenvalue weighted by molar-refractivity contribution is -0.137. The molecule has 2 rings (SSSR count). The number of halogens is 3. The molecule has 1 aromatic heterocycles. The fourth-order valence-corrected chi connectivity index (χ4v) is 2.27. The van der Waals surface area contributed by atoms with Crippen LogP contribution in [0.5, 0.6) is 0 Å². The van der Waals surface area contributed by atoms with Gasteiger partial charge in [-0.3, -0.25) is 0 Å². The molecule has 0 bridgehead atoms. The maximum absolute atomic E-state index is 12.4. The number of amides is 2. The highest BCUT2D eigenvalue weighted by Gasteiger charge is 2.33. The van der Waals surface area contributed by atoms with Crippen molar-refractivity contribution in [1.82, 2.24) is 20.2 Å². The first-order chi connectivity index (χ1) is 10.3. The number of nitrogens with one attached hydrogen (secondary N) is 1. The second kappa shape index (κ2) is 6.93. The number of hydrogen-bond acceptors (Lipinski definition) is 3. The van der Waals surface area contributed by atoms with E-state index in [1.807, 2.05) is 0 Å². The van der Waals surface area contributed by atoms with Crippen LogP contribution in [0.25, 0.3) is 0 Å². The summed E-state index contributed by atoms with van der Waals surface area (Å²) in [5, 5.41) is 2.64. The molecule has 0 radical (unpaired) electrons. The summed E-state index contributed by atoms with van der Waals surface area (Å²) in [4.78, 5) is 21.5. The SMILES string of the molecule is Cc1nccc(CNC(=O)N(CCC(F)(F)F)C2CCC2)n1. The molecule has 1 saturated carbocycles. The number of rotatable bonds is 5. The second-order valence-electron chi connectivity index (χ2n) is 5.40. The van der Waals surface area contributed by atoms with Gasteiger partial charge < -0.3 is 10.2 Å². The first-order valence-corrected chi connectivity index (χ1v) is 7.25. The molecule has 1 N–H and O–H groups in total. The number of aryl methyl sites for hydroxylation is 1. The van der Waals surface area contributed by atoms with Crippen LogP contribution >= 0.6 is 0 Å². The van der Waals surface area contributed by atoms with Crippen LogP contribution < -0.4 is 5.32 Å². The Morgan fingerprint density at radius 1 is 1.45 bits per heavy atom. The molecule has 1 aliphatic rings. The van der Waals surface area contributed by atoms with Gasteiger partial charge in [-0.2, -0.15) is 13.2 Å². The Labute approximate surface area is 126 Å². The summed E-state index contributed by atoms with van der Waals surface area (Å²) in [6, 6.07) is 1.11. The molecular weight excluding hydrogens is 297 g/mol. The van der Waals surface area contributed by atoms with Crippen LogP contribution in [-0.2, 0) is 6.54 Å². The van der Waals surface area contributed by atoms with Gasteiger partial charge in [0, 0.05) is 18.8 Å². The molecule has 122 valence electrons. The van der Waals surface area contributed by atoms with Crippen molar-refractivity contribution in [3.63, 3.8) is 0 Å². The Morgan fingerprint density at radius 3 is 2.73 bits per heavy atom. The van der Waals surface area contributed by atoms with Crippen molar-refractivity contribution in [3.05, 3.63) is 23.8 Å². The minimum Gasteiger partial charge on any atom is -0.332 e. The molecule has 1 aliphatic carbocycles. The monoisotopic (exact) mass is 316 g/mol. The average molecular weight is 316 g/mol. The van der Waals surface area contributed by atoms with Gasteiger partial charge in [-0.05, 0) is 32.3 Å². The van der Waals surface area contributed by atoms with Crippen LogP contribution in [0.2, 0.25) is 0 Å². The van der Waals surface area contributed by atoms with Gasteiger partial charge in [-0.25, -0.2) is 14.8 Å². The summed E-state index contributed by atoms with van der Waals surface area (Å²) in [6.45, 7) is 1.61. The molecule has 22 heavy (non-hydrogen) atoms. The average Bonchev–Trinajstić information content (AvgIpc) is 2.37. The number of urea groups is 1. The van der Waals surface area contributed by atoms with E-state index in [1.54, 1.807) is 19.2 Å². The summed E-state index contributed by atoms with van der Waals surface area (Å²) in [7, 11) is 0. The van der Waals surface area contributed by atoms with Gasteiger partial charge in [0.15, 0.2) is 0 Å². The third kappa shape index (κ3) is 4.85. The minimum atomic E-state index is -4.26. The van der Waals surface area contributed by atoms with Crippen molar-refractivity contribution >= 4 is 6.03 Å². The van der Waals surface area contributed by atoms with E-state index in [4.69, 9.17) is 0 Å². The van der Waals surface area contributed by atoms with Crippen LogP contribution in [0.4, 0.5) is 18.0 Å². The molecule has 0 aromatic carbocycles. The third-order valence-electron chi connectivity index (χ3n) is 3.67. The number of carbonyl (C=O) groups is 1. The van der Waals surface area contributed by atoms with E-state index in [2.05, 4.69) is 15.3 Å². The van der Waals surface area contributed by atoms with Crippen LogP contribution in [0, 0.1) is 6.92 Å². The Kier molecular flexibility index (Phi) is 5.20. The van der Waals surface area contributed by atoms with Crippen molar-refractivity contribution in [2.24, 2.45) is 0 Å². The van der Waals surface area contributed by atoms with Crippen molar-refractivity contribution < 1.29 is 18.0 Å². The lowest BCUT2D eigenvalue weighted by atomic mass is 9.91. The zero-order chi connectivity index (χ0) is 16.2. The predicted octanol–water partition coefficient (Wildman–Crippen LogP) is 2.80. The fourth-order valence-electron chi connectivity index (χ4n) is 2.27. The smallest absolute Gasteiger partial charge is 0.332 e. The van der Waals surface area contributed by atoms with E-state index < -0.39 is 18.6 Å². The molecular formula is C14H19F3N4O. The number of aromatic nitrogens is 2. The van der Waals surface area contributed by atoms with Crippen molar-refractivity contribution in [1.29, 1.82) is 0 Å². The first kappa shape index (κ1) is 16.5. The van der Waals surface area contributed by atoms with Crippen molar-refractivity contribution in [2.45, 2.75) is 51.4 Å². The molecule has 5 nitrogen and oxygen atoms in total. The molecule has 2 amide bonds. The van der Waals surface area contributed by atoms with Gasteiger partial charge >= 0.3 is 12.2 Å². The Bertz CT molecular complexity index is 517. The van der Waals surface area contributed by atoms with E-state index >= 15 is 0 Å². The maximum Gasteiger partial charge on any atom is 0.390 e. The molecule has 1 aromatic rings. The lowest BCUT2D eigenvalue weighted by Crippen LogP contribution is -2.49. The number of hydrogen-bond donors (Lipinski definition) is 1. The molecule has 8 heteroatoms. The number of carbonyl (C=O) groups excluding carboxylic acids is 1. The van der Waals surface area contributed by atoms with Crippen molar-refractivity contribution in [3.8, 4) is 0 Å². The highest BCUT2D eigenvalue weighted by molar-refractivity contribution is 5.74. The molecule has 0 aliphatic heterocycles. The molecule has 0 atom stereocenters. The summed E-state index contributed by atoms with van der Waals surface area (Å²) in [5.74, 6) is 0.583. The zero-order valence-electron chi connectivity index (χ0n) is 12.4. The van der Waals surface area contributed by atoms with Crippen LogP contribution in [0.1, 0.15) is 37.2 Å². The van der Waals surface area contributed by atoms with E-state index in [1.165, 1.54) is 4.90 Å². The maximum atomic E-state index is 12.4. The number of nitrogens with zero attached hydrogens (tertiary/aromatic N) is 3. The highest BCUT2D eigenvalue weighted by atomic mass is 19.4. The lowest BCUT2D eigenvalue weighted by Gasteiger charge is -2.37. The molecule has 0 spiro atoms. The quantitative estimate of drug-likeness (QED) is 0.909. The summed E-state index contributed by atoms with van der Waals surface area (Å²) in [6.07, 6.45) is -1.19. The van der Waals surface area contributed by atoms with Crippen LogP contribution in [0.15, 0.2) is 12.3 Å². The summed E-state index contributed by atoms with van der Waals surface area (Å²) < 4.78 is 37.2. The van der Waals surface area contributed by atoms with E-state index in [9.17, 15) is 18.0 Å². The zero-order valence-corrected chi connectivity index (χ0v) is 12.4. The Hall–Kier alpha value is -1.86. The Morgan fingerprint density at radius 2 is 2.18 bits per heavy atom. The van der Waals surface area contributed by atoms with Gasteiger partial charge in [0.1, 0.15) is 5.82 Å². The van der Waals surface area contributed by atoms with Crippen LogP contribution in [-0.4, -0.2) is 39.7 Å². The van der Waals surface area contributed by atoms with E-state index in [-0.39, 0.29) is 19.1 Å². The van der Waals surface area contributed by atoms with Gasteiger partial charge in [-0.15, -0.1) is 0 Å².